The standard InChI is InChI=1S/C26H28ClNO/c1-3-25(21-10-6-4-7-11-21)26(22-12-8-5-9-13-22)23-14-16-24(17-15-23)29-19-18-28(2)20-27/h4-17H,3,18-20H2,1-2H3/b26-25-. The lowest BCUT2D eigenvalue weighted by Gasteiger charge is -2.17. The molecule has 3 aromatic rings. The molecule has 3 rings (SSSR count). The van der Waals surface area contributed by atoms with Gasteiger partial charge < -0.3 is 4.74 Å². The molecule has 0 N–H and O–H groups in total. The molecule has 0 saturated heterocycles. The van der Waals surface area contributed by atoms with E-state index in [0.717, 1.165) is 18.7 Å². The Balaban J connectivity index is 1.94. The molecular formula is C26H28ClNO. The molecule has 29 heavy (non-hydrogen) atoms. The van der Waals surface area contributed by atoms with Gasteiger partial charge in [0.25, 0.3) is 0 Å². The van der Waals surface area contributed by atoms with E-state index in [4.69, 9.17) is 16.3 Å². The Labute approximate surface area is 179 Å². The Morgan fingerprint density at radius 3 is 1.90 bits per heavy atom. The van der Waals surface area contributed by atoms with E-state index in [1.165, 1.54) is 27.8 Å². The SMILES string of the molecule is CC/C(=C(\c1ccccc1)c1ccc(OCCN(C)CCl)cc1)c1ccccc1. The summed E-state index contributed by atoms with van der Waals surface area (Å²) in [6, 6.07) is 30.2. The fourth-order valence-corrected chi connectivity index (χ4v) is 3.50. The van der Waals surface area contributed by atoms with E-state index >= 15 is 0 Å². The third-order valence-corrected chi connectivity index (χ3v) is 5.34. The van der Waals surface area contributed by atoms with Crippen LogP contribution in [0.5, 0.6) is 5.75 Å². The predicted molar refractivity (Wildman–Crippen MR) is 124 cm³/mol. The fraction of sp³-hybridized carbons (Fsp3) is 0.231. The minimum Gasteiger partial charge on any atom is -0.492 e. The van der Waals surface area contributed by atoms with E-state index < -0.39 is 0 Å². The summed E-state index contributed by atoms with van der Waals surface area (Å²) in [5, 5.41) is 0. The molecule has 0 amide bonds. The van der Waals surface area contributed by atoms with Gasteiger partial charge in [-0.1, -0.05) is 79.7 Å². The number of alkyl halides is 1. The topological polar surface area (TPSA) is 12.5 Å². The van der Waals surface area contributed by atoms with E-state index in [2.05, 4.69) is 91.9 Å². The van der Waals surface area contributed by atoms with Crippen molar-refractivity contribution in [2.75, 3.05) is 26.2 Å². The van der Waals surface area contributed by atoms with Crippen LogP contribution in [0.2, 0.25) is 0 Å². The molecule has 0 radical (unpaired) electrons. The molecule has 3 heteroatoms. The minimum atomic E-state index is 0.507. The average Bonchev–Trinajstić information content (AvgIpc) is 2.79. The second-order valence-electron chi connectivity index (χ2n) is 7.01. The van der Waals surface area contributed by atoms with Crippen LogP contribution in [0.25, 0.3) is 11.1 Å². The number of halogens is 1. The number of likely N-dealkylation sites (N-methyl/N-ethyl adjacent to an activating group) is 1. The third-order valence-electron chi connectivity index (χ3n) is 4.93. The van der Waals surface area contributed by atoms with Crippen LogP contribution >= 0.6 is 11.6 Å². The number of hydrogen-bond donors (Lipinski definition) is 0. The maximum Gasteiger partial charge on any atom is 0.119 e. The van der Waals surface area contributed by atoms with E-state index in [1.54, 1.807) is 0 Å². The zero-order valence-electron chi connectivity index (χ0n) is 17.1. The summed E-state index contributed by atoms with van der Waals surface area (Å²) in [7, 11) is 1.98. The van der Waals surface area contributed by atoms with Crippen LogP contribution in [0.1, 0.15) is 30.0 Å². The molecular weight excluding hydrogens is 378 g/mol. The van der Waals surface area contributed by atoms with Crippen LogP contribution in [0.3, 0.4) is 0 Å². The van der Waals surface area contributed by atoms with E-state index in [9.17, 15) is 0 Å². The van der Waals surface area contributed by atoms with Crippen LogP contribution in [0, 0.1) is 0 Å². The van der Waals surface area contributed by atoms with Crippen molar-refractivity contribution in [2.45, 2.75) is 13.3 Å². The number of allylic oxidation sites excluding steroid dienone is 1. The Morgan fingerprint density at radius 2 is 1.34 bits per heavy atom. The Hall–Kier alpha value is -2.55. The van der Waals surface area contributed by atoms with Crippen molar-refractivity contribution in [2.24, 2.45) is 0 Å². The normalized spacial score (nSPS) is 12.0. The molecule has 0 atom stereocenters. The predicted octanol–water partition coefficient (Wildman–Crippen LogP) is 6.56. The van der Waals surface area contributed by atoms with E-state index in [0.29, 0.717) is 12.6 Å². The number of benzene rings is 3. The van der Waals surface area contributed by atoms with Crippen molar-refractivity contribution >= 4 is 22.7 Å². The van der Waals surface area contributed by atoms with Gasteiger partial charge in [0.1, 0.15) is 12.4 Å². The lowest BCUT2D eigenvalue weighted by Crippen LogP contribution is -2.22. The summed E-state index contributed by atoms with van der Waals surface area (Å²) in [4.78, 5) is 2.01. The smallest absolute Gasteiger partial charge is 0.119 e. The van der Waals surface area contributed by atoms with Crippen LogP contribution < -0.4 is 4.74 Å². The van der Waals surface area contributed by atoms with Crippen molar-refractivity contribution in [1.82, 2.24) is 4.90 Å². The Morgan fingerprint density at radius 1 is 0.793 bits per heavy atom. The van der Waals surface area contributed by atoms with Crippen molar-refractivity contribution < 1.29 is 4.74 Å². The molecule has 3 aromatic carbocycles. The highest BCUT2D eigenvalue weighted by Crippen LogP contribution is 2.34. The molecule has 0 aliphatic carbocycles. The number of rotatable bonds is 9. The summed E-state index contributed by atoms with van der Waals surface area (Å²) in [6.07, 6.45) is 0.956. The molecule has 0 fully saturated rings. The monoisotopic (exact) mass is 405 g/mol. The largest absolute Gasteiger partial charge is 0.492 e. The summed E-state index contributed by atoms with van der Waals surface area (Å²) in [5.41, 5.74) is 6.30. The molecule has 150 valence electrons. The molecule has 0 heterocycles. The van der Waals surface area contributed by atoms with Gasteiger partial charge in [-0.25, -0.2) is 0 Å². The van der Waals surface area contributed by atoms with Crippen LogP contribution in [0.15, 0.2) is 84.9 Å². The van der Waals surface area contributed by atoms with Gasteiger partial charge in [0.15, 0.2) is 0 Å². The first-order chi connectivity index (χ1) is 14.2. The van der Waals surface area contributed by atoms with Crippen LogP contribution in [-0.4, -0.2) is 31.1 Å². The van der Waals surface area contributed by atoms with Gasteiger partial charge in [0, 0.05) is 6.54 Å². The van der Waals surface area contributed by atoms with E-state index in [1.807, 2.05) is 11.9 Å². The number of nitrogens with zero attached hydrogens (tertiary/aromatic N) is 1. The van der Waals surface area contributed by atoms with Gasteiger partial charge in [0.2, 0.25) is 0 Å². The summed E-state index contributed by atoms with van der Waals surface area (Å²) in [6.45, 7) is 3.64. The van der Waals surface area contributed by atoms with Crippen molar-refractivity contribution in [1.29, 1.82) is 0 Å². The minimum absolute atomic E-state index is 0.507. The summed E-state index contributed by atoms with van der Waals surface area (Å²) >= 11 is 5.81. The second kappa shape index (κ2) is 10.8. The fourth-order valence-electron chi connectivity index (χ4n) is 3.38. The lowest BCUT2D eigenvalue weighted by atomic mass is 9.88. The molecule has 0 aromatic heterocycles. The van der Waals surface area contributed by atoms with Gasteiger partial charge >= 0.3 is 0 Å². The Kier molecular flexibility index (Phi) is 7.92. The molecule has 2 nitrogen and oxygen atoms in total. The Bertz CT molecular complexity index is 904. The maximum absolute atomic E-state index is 5.87. The van der Waals surface area contributed by atoms with Gasteiger partial charge in [-0.3, -0.25) is 4.90 Å². The molecule has 0 unspecified atom stereocenters. The highest BCUT2D eigenvalue weighted by atomic mass is 35.5. The molecule has 0 aliphatic heterocycles. The highest BCUT2D eigenvalue weighted by molar-refractivity contribution is 6.17. The zero-order valence-corrected chi connectivity index (χ0v) is 17.9. The summed E-state index contributed by atoms with van der Waals surface area (Å²) in [5.74, 6) is 0.877. The molecule has 0 saturated carbocycles. The molecule has 0 aliphatic rings. The van der Waals surface area contributed by atoms with Crippen LogP contribution in [0.4, 0.5) is 0 Å². The first-order valence-electron chi connectivity index (χ1n) is 10.0. The quantitative estimate of drug-likeness (QED) is 0.227. The first-order valence-corrected chi connectivity index (χ1v) is 10.6. The van der Waals surface area contributed by atoms with Gasteiger partial charge in [-0.2, -0.15) is 0 Å². The zero-order chi connectivity index (χ0) is 20.5. The third kappa shape index (κ3) is 5.72. The second-order valence-corrected chi connectivity index (χ2v) is 7.25. The lowest BCUT2D eigenvalue weighted by molar-refractivity contribution is 0.255. The van der Waals surface area contributed by atoms with Gasteiger partial charge in [-0.05, 0) is 53.4 Å². The maximum atomic E-state index is 5.87. The van der Waals surface area contributed by atoms with Crippen molar-refractivity contribution in [3.8, 4) is 5.75 Å². The molecule has 0 spiro atoms. The van der Waals surface area contributed by atoms with Gasteiger partial charge in [-0.15, -0.1) is 11.6 Å². The van der Waals surface area contributed by atoms with Crippen LogP contribution in [-0.2, 0) is 0 Å². The average molecular weight is 406 g/mol. The highest BCUT2D eigenvalue weighted by Gasteiger charge is 2.13. The van der Waals surface area contributed by atoms with Crippen molar-refractivity contribution in [3.05, 3.63) is 102 Å². The summed E-state index contributed by atoms with van der Waals surface area (Å²) < 4.78 is 5.87. The van der Waals surface area contributed by atoms with Gasteiger partial charge in [0.05, 0.1) is 6.00 Å². The first kappa shape index (κ1) is 21.2. The number of hydrogen-bond acceptors (Lipinski definition) is 2. The molecule has 0 bridgehead atoms. The van der Waals surface area contributed by atoms with E-state index in [-0.39, 0.29) is 0 Å². The van der Waals surface area contributed by atoms with Crippen molar-refractivity contribution in [3.63, 3.8) is 0 Å². The number of ether oxygens (including phenoxy) is 1.